The molecule has 0 fully saturated rings. The molecule has 0 aliphatic carbocycles. The van der Waals surface area contributed by atoms with Crippen molar-refractivity contribution in [3.63, 3.8) is 0 Å². The SMILES string of the molecule is O=Cc1ccccc1[Si](c1ccccc1)c1ccccc1. The number of benzene rings is 3. The molecule has 0 saturated heterocycles. The van der Waals surface area contributed by atoms with Gasteiger partial charge in [0.25, 0.3) is 0 Å². The van der Waals surface area contributed by atoms with Crippen molar-refractivity contribution in [2.45, 2.75) is 0 Å². The van der Waals surface area contributed by atoms with E-state index in [0.29, 0.717) is 0 Å². The predicted octanol–water partition coefficient (Wildman–Crippen LogP) is 2.02. The summed E-state index contributed by atoms with van der Waals surface area (Å²) in [5.74, 6) is 0. The third-order valence-electron chi connectivity index (χ3n) is 3.48. The van der Waals surface area contributed by atoms with E-state index >= 15 is 0 Å². The summed E-state index contributed by atoms with van der Waals surface area (Å²) >= 11 is 0. The zero-order valence-corrected chi connectivity index (χ0v) is 12.6. The predicted molar refractivity (Wildman–Crippen MR) is 89.4 cm³/mol. The largest absolute Gasteiger partial charge is 0.298 e. The van der Waals surface area contributed by atoms with E-state index in [0.717, 1.165) is 17.0 Å². The van der Waals surface area contributed by atoms with Gasteiger partial charge in [-0.1, -0.05) is 95.3 Å². The van der Waals surface area contributed by atoms with Crippen molar-refractivity contribution < 1.29 is 4.79 Å². The highest BCUT2D eigenvalue weighted by Gasteiger charge is 2.21. The van der Waals surface area contributed by atoms with Gasteiger partial charge in [-0.25, -0.2) is 0 Å². The normalized spacial score (nSPS) is 10.5. The molecule has 0 aromatic heterocycles. The van der Waals surface area contributed by atoms with Crippen LogP contribution in [0.2, 0.25) is 0 Å². The fourth-order valence-corrected chi connectivity index (χ4v) is 5.22. The van der Waals surface area contributed by atoms with E-state index in [1.54, 1.807) is 0 Å². The molecule has 2 heteroatoms. The summed E-state index contributed by atoms with van der Waals surface area (Å²) in [5.41, 5.74) is 0.791. The van der Waals surface area contributed by atoms with Crippen molar-refractivity contribution in [1.82, 2.24) is 0 Å². The van der Waals surface area contributed by atoms with Crippen LogP contribution in [-0.2, 0) is 0 Å². The Morgan fingerprint density at radius 1 is 0.619 bits per heavy atom. The van der Waals surface area contributed by atoms with Gasteiger partial charge in [0.05, 0.1) is 0 Å². The second-order valence-corrected chi connectivity index (χ2v) is 7.26. The van der Waals surface area contributed by atoms with E-state index in [-0.39, 0.29) is 0 Å². The molecule has 3 rings (SSSR count). The van der Waals surface area contributed by atoms with Gasteiger partial charge >= 0.3 is 0 Å². The summed E-state index contributed by atoms with van der Waals surface area (Å²) in [6.07, 6.45) is 0.964. The first-order valence-electron chi connectivity index (χ1n) is 6.92. The van der Waals surface area contributed by atoms with Crippen LogP contribution < -0.4 is 15.6 Å². The maximum Gasteiger partial charge on any atom is 0.155 e. The van der Waals surface area contributed by atoms with Crippen LogP contribution in [0.5, 0.6) is 0 Å². The van der Waals surface area contributed by atoms with Gasteiger partial charge in [0.2, 0.25) is 0 Å². The Kier molecular flexibility index (Phi) is 4.08. The standard InChI is InChI=1S/C19H15OSi/c20-15-16-9-7-8-14-19(16)21(17-10-3-1-4-11-17)18-12-5-2-6-13-18/h1-15H. The molecule has 0 unspecified atom stereocenters. The van der Waals surface area contributed by atoms with Crippen LogP contribution in [0.1, 0.15) is 10.4 Å². The van der Waals surface area contributed by atoms with E-state index in [1.165, 1.54) is 10.4 Å². The Labute approximate surface area is 126 Å². The summed E-state index contributed by atoms with van der Waals surface area (Å²) in [4.78, 5) is 11.4. The quantitative estimate of drug-likeness (QED) is 0.407. The molecule has 0 aliphatic heterocycles. The van der Waals surface area contributed by atoms with Crippen molar-refractivity contribution >= 4 is 30.6 Å². The fourth-order valence-electron chi connectivity index (χ4n) is 2.51. The summed E-state index contributed by atoms with van der Waals surface area (Å²) in [6, 6.07) is 28.8. The van der Waals surface area contributed by atoms with Gasteiger partial charge in [0.15, 0.2) is 8.80 Å². The Morgan fingerprint density at radius 2 is 1.10 bits per heavy atom. The molecule has 0 N–H and O–H groups in total. The Morgan fingerprint density at radius 3 is 1.62 bits per heavy atom. The highest BCUT2D eigenvalue weighted by molar-refractivity contribution is 6.96. The molecule has 3 aromatic rings. The second-order valence-electron chi connectivity index (χ2n) is 4.81. The molecule has 0 bridgehead atoms. The maximum atomic E-state index is 11.4. The first-order valence-corrected chi connectivity index (χ1v) is 8.42. The molecule has 0 atom stereocenters. The maximum absolute atomic E-state index is 11.4. The average molecular weight is 287 g/mol. The van der Waals surface area contributed by atoms with Crippen molar-refractivity contribution in [1.29, 1.82) is 0 Å². The van der Waals surface area contributed by atoms with Crippen LogP contribution in [0.3, 0.4) is 0 Å². The minimum atomic E-state index is -1.15. The van der Waals surface area contributed by atoms with E-state index in [9.17, 15) is 4.79 Å². The smallest absolute Gasteiger partial charge is 0.155 e. The monoisotopic (exact) mass is 287 g/mol. The van der Waals surface area contributed by atoms with Crippen molar-refractivity contribution in [3.8, 4) is 0 Å². The zero-order valence-electron chi connectivity index (χ0n) is 11.6. The Hall–Kier alpha value is -2.45. The molecule has 0 saturated carbocycles. The highest BCUT2D eigenvalue weighted by atomic mass is 28.3. The lowest BCUT2D eigenvalue weighted by molar-refractivity contribution is 0.112. The molecular weight excluding hydrogens is 272 g/mol. The summed E-state index contributed by atoms with van der Waals surface area (Å²) in [5, 5.41) is 3.74. The van der Waals surface area contributed by atoms with E-state index < -0.39 is 8.80 Å². The van der Waals surface area contributed by atoms with Crippen molar-refractivity contribution in [2.24, 2.45) is 0 Å². The van der Waals surface area contributed by atoms with Crippen molar-refractivity contribution in [3.05, 3.63) is 90.5 Å². The first kappa shape index (κ1) is 13.5. The highest BCUT2D eigenvalue weighted by Crippen LogP contribution is 1.99. The van der Waals surface area contributed by atoms with E-state index in [1.807, 2.05) is 30.3 Å². The number of aldehydes is 1. The lowest BCUT2D eigenvalue weighted by Gasteiger charge is -2.18. The molecule has 0 heterocycles. The van der Waals surface area contributed by atoms with Gasteiger partial charge in [-0.05, 0) is 5.19 Å². The molecule has 0 amide bonds. The molecule has 0 spiro atoms. The number of hydrogen-bond donors (Lipinski definition) is 0. The van der Waals surface area contributed by atoms with Gasteiger partial charge in [-0.2, -0.15) is 0 Å². The van der Waals surface area contributed by atoms with Crippen LogP contribution in [0.4, 0.5) is 0 Å². The van der Waals surface area contributed by atoms with Gasteiger partial charge in [0.1, 0.15) is 6.29 Å². The first-order chi connectivity index (χ1) is 10.4. The molecule has 3 aromatic carbocycles. The van der Waals surface area contributed by atoms with Gasteiger partial charge in [-0.15, -0.1) is 0 Å². The molecule has 1 radical (unpaired) electrons. The van der Waals surface area contributed by atoms with Crippen LogP contribution in [0.15, 0.2) is 84.9 Å². The Balaban J connectivity index is 2.20. The third-order valence-corrected chi connectivity index (χ3v) is 6.30. The number of carbonyl (C=O) groups excluding carboxylic acids is 1. The van der Waals surface area contributed by atoms with Gasteiger partial charge in [0, 0.05) is 5.56 Å². The van der Waals surface area contributed by atoms with Crippen LogP contribution in [-0.4, -0.2) is 15.1 Å². The third kappa shape index (κ3) is 2.85. The lowest BCUT2D eigenvalue weighted by atomic mass is 10.2. The molecular formula is C19H15OSi. The molecule has 21 heavy (non-hydrogen) atoms. The van der Waals surface area contributed by atoms with Crippen LogP contribution in [0, 0.1) is 0 Å². The minimum Gasteiger partial charge on any atom is -0.298 e. The van der Waals surface area contributed by atoms with Crippen LogP contribution >= 0.6 is 0 Å². The topological polar surface area (TPSA) is 17.1 Å². The fraction of sp³-hybridized carbons (Fsp3) is 0. The van der Waals surface area contributed by atoms with E-state index in [4.69, 9.17) is 0 Å². The second kappa shape index (κ2) is 6.33. The average Bonchev–Trinajstić information content (AvgIpc) is 2.58. The molecule has 101 valence electrons. The van der Waals surface area contributed by atoms with Gasteiger partial charge < -0.3 is 0 Å². The van der Waals surface area contributed by atoms with E-state index in [2.05, 4.69) is 54.6 Å². The minimum absolute atomic E-state index is 0.791. The summed E-state index contributed by atoms with van der Waals surface area (Å²) in [7, 11) is -1.15. The lowest BCUT2D eigenvalue weighted by Crippen LogP contribution is -2.53. The molecule has 0 aliphatic rings. The summed E-state index contributed by atoms with van der Waals surface area (Å²) in [6.45, 7) is 0. The zero-order chi connectivity index (χ0) is 14.5. The number of rotatable bonds is 4. The number of carbonyl (C=O) groups is 1. The number of hydrogen-bond acceptors (Lipinski definition) is 1. The summed E-state index contributed by atoms with van der Waals surface area (Å²) < 4.78 is 0. The van der Waals surface area contributed by atoms with Crippen molar-refractivity contribution in [2.75, 3.05) is 0 Å². The van der Waals surface area contributed by atoms with Gasteiger partial charge in [-0.3, -0.25) is 4.79 Å². The van der Waals surface area contributed by atoms with Crippen LogP contribution in [0.25, 0.3) is 0 Å². The molecule has 1 nitrogen and oxygen atoms in total. The Bertz CT molecular complexity index is 683.